The Labute approximate surface area is 294 Å². The molecule has 0 saturated heterocycles. The van der Waals surface area contributed by atoms with Gasteiger partial charge >= 0.3 is 0 Å². The molecular weight excluding hydrogens is 639 g/mol. The van der Waals surface area contributed by atoms with Crippen LogP contribution >= 0.6 is 24.8 Å². The molecule has 2 N–H and O–H groups in total. The van der Waals surface area contributed by atoms with Gasteiger partial charge in [-0.2, -0.15) is 0 Å². The molecule has 0 unspecified atom stereocenters. The number of nitrogens with zero attached hydrogens (tertiary/aromatic N) is 2. The van der Waals surface area contributed by atoms with E-state index in [1.54, 1.807) is 6.07 Å². The molecule has 0 heterocycles. The first-order valence-electron chi connectivity index (χ1n) is 17.0. The van der Waals surface area contributed by atoms with Gasteiger partial charge in [-0.1, -0.05) is 65.5 Å². The molecule has 0 saturated carbocycles. The summed E-state index contributed by atoms with van der Waals surface area (Å²) in [6.45, 7) is 14.5. The summed E-state index contributed by atoms with van der Waals surface area (Å²) in [6.07, 6.45) is 11.5. The monoisotopic (exact) mass is 694 g/mol. The van der Waals surface area contributed by atoms with Crippen molar-refractivity contribution in [2.24, 2.45) is 0 Å². The third kappa shape index (κ3) is 12.2. The van der Waals surface area contributed by atoms with Gasteiger partial charge in [-0.25, -0.2) is 0 Å². The summed E-state index contributed by atoms with van der Waals surface area (Å²) in [4.78, 5) is 43.1. The first-order valence-corrected chi connectivity index (χ1v) is 17.0. The summed E-state index contributed by atoms with van der Waals surface area (Å²) in [5.41, 5.74) is 3.36. The highest BCUT2D eigenvalue weighted by Crippen LogP contribution is 2.42. The minimum absolute atomic E-state index is 0. The van der Waals surface area contributed by atoms with Gasteiger partial charge in [-0.05, 0) is 131 Å². The number of carbonyl (C=O) groups is 3. The van der Waals surface area contributed by atoms with Crippen LogP contribution in [-0.4, -0.2) is 72.3 Å². The average molecular weight is 696 g/mol. The zero-order valence-corrected chi connectivity index (χ0v) is 30.4. The molecule has 2 aromatic carbocycles. The molecule has 2 aromatic rings. The van der Waals surface area contributed by atoms with E-state index in [9.17, 15) is 24.6 Å². The Kier molecular flexibility index (Phi) is 21.8. The van der Waals surface area contributed by atoms with Gasteiger partial charge in [0, 0.05) is 16.7 Å². The molecule has 1 aliphatic rings. The molecule has 3 rings (SSSR count). The number of aromatic carboxylic acids is 2. The van der Waals surface area contributed by atoms with Crippen LogP contribution in [0.25, 0.3) is 11.1 Å². The lowest BCUT2D eigenvalue weighted by molar-refractivity contribution is -0.256. The average Bonchev–Trinajstić information content (AvgIpc) is 3.29. The molecule has 0 spiro atoms. The van der Waals surface area contributed by atoms with E-state index in [2.05, 4.69) is 37.5 Å². The number of benzene rings is 2. The van der Waals surface area contributed by atoms with E-state index in [0.717, 1.165) is 103 Å². The zero-order valence-electron chi connectivity index (χ0n) is 28.8. The van der Waals surface area contributed by atoms with Gasteiger partial charge in [0.05, 0.1) is 11.9 Å². The van der Waals surface area contributed by atoms with Crippen LogP contribution < -0.4 is 10.2 Å². The number of carboxylic acids is 2. The molecule has 0 atom stereocenters. The highest BCUT2D eigenvalue weighted by atomic mass is 35.5. The van der Waals surface area contributed by atoms with Crippen molar-refractivity contribution in [2.75, 3.05) is 39.3 Å². The maximum absolute atomic E-state index is 13.8. The van der Waals surface area contributed by atoms with Crippen molar-refractivity contribution in [1.29, 1.82) is 0 Å². The Morgan fingerprint density at radius 3 is 1.53 bits per heavy atom. The van der Waals surface area contributed by atoms with Crippen molar-refractivity contribution >= 4 is 42.5 Å². The largest absolute Gasteiger partial charge is 0.545 e. The fraction of sp³-hybridized carbons (Fsp3) is 0.595. The summed E-state index contributed by atoms with van der Waals surface area (Å²) in [5, 5.41) is 24.4. The third-order valence-electron chi connectivity index (χ3n) is 8.87. The highest BCUT2D eigenvalue weighted by molar-refractivity contribution is 6.24. The van der Waals surface area contributed by atoms with E-state index in [0.29, 0.717) is 46.2 Å². The first kappa shape index (κ1) is 44.5. The lowest BCUT2D eigenvalue weighted by Gasteiger charge is -2.24. The zero-order chi connectivity index (χ0) is 32.1. The number of aryl methyl sites for hydroxylation is 1. The molecule has 0 bridgehead atoms. The second-order valence-corrected chi connectivity index (χ2v) is 12.3. The van der Waals surface area contributed by atoms with Crippen LogP contribution in [0.15, 0.2) is 24.3 Å². The molecule has 10 heteroatoms. The van der Waals surface area contributed by atoms with E-state index < -0.39 is 11.9 Å². The number of carbonyl (C=O) groups excluding carboxylic acids is 3. The summed E-state index contributed by atoms with van der Waals surface area (Å²) >= 11 is 0. The quantitative estimate of drug-likeness (QED) is 0.139. The Hall–Kier alpha value is -2.49. The predicted molar refractivity (Wildman–Crippen MR) is 191 cm³/mol. The SMILES string of the molecule is CCCCN(CCCC)CCCc1cc2c(c(CCCN(CCCC)CCCC)c1C(=O)[O-])C(=O)c1cc(C(=O)[O-])ccc1-2.Cl.Cl.O. The molecule has 47 heavy (non-hydrogen) atoms. The fourth-order valence-electron chi connectivity index (χ4n) is 6.37. The van der Waals surface area contributed by atoms with Gasteiger partial charge in [-0.15, -0.1) is 24.8 Å². The van der Waals surface area contributed by atoms with E-state index >= 15 is 0 Å². The molecule has 0 aliphatic heterocycles. The fourth-order valence-corrected chi connectivity index (χ4v) is 6.37. The van der Waals surface area contributed by atoms with Crippen LogP contribution in [0.5, 0.6) is 0 Å². The summed E-state index contributed by atoms with van der Waals surface area (Å²) < 4.78 is 0. The van der Waals surface area contributed by atoms with Crippen molar-refractivity contribution in [3.8, 4) is 11.1 Å². The Balaban J connectivity index is 0.00000705. The van der Waals surface area contributed by atoms with Crippen molar-refractivity contribution in [1.82, 2.24) is 9.80 Å². The minimum Gasteiger partial charge on any atom is -0.545 e. The topological polar surface area (TPSA) is 135 Å². The van der Waals surface area contributed by atoms with Crippen molar-refractivity contribution in [2.45, 2.75) is 105 Å². The second-order valence-electron chi connectivity index (χ2n) is 12.3. The third-order valence-corrected chi connectivity index (χ3v) is 8.87. The number of carboxylic acid groups (broad SMARTS) is 2. The lowest BCUT2D eigenvalue weighted by Crippen LogP contribution is -2.30. The van der Waals surface area contributed by atoms with Crippen molar-refractivity contribution < 1.29 is 30.1 Å². The second kappa shape index (κ2) is 23.0. The summed E-state index contributed by atoms with van der Waals surface area (Å²) in [6, 6.07) is 6.33. The van der Waals surface area contributed by atoms with Gasteiger partial charge < -0.3 is 35.1 Å². The molecule has 266 valence electrons. The number of fused-ring (bicyclic) bond motifs is 3. The van der Waals surface area contributed by atoms with Crippen molar-refractivity contribution in [3.63, 3.8) is 0 Å². The van der Waals surface area contributed by atoms with E-state index in [-0.39, 0.29) is 47.2 Å². The Morgan fingerprint density at radius 1 is 0.617 bits per heavy atom. The molecule has 0 radical (unpaired) electrons. The highest BCUT2D eigenvalue weighted by Gasteiger charge is 2.32. The Bertz CT molecular complexity index is 1270. The van der Waals surface area contributed by atoms with E-state index in [1.165, 1.54) is 12.1 Å². The lowest BCUT2D eigenvalue weighted by atomic mass is 9.87. The van der Waals surface area contributed by atoms with Gasteiger partial charge in [0.2, 0.25) is 0 Å². The van der Waals surface area contributed by atoms with Gasteiger partial charge in [-0.3, -0.25) is 4.79 Å². The minimum atomic E-state index is -1.34. The van der Waals surface area contributed by atoms with Crippen LogP contribution in [0.4, 0.5) is 0 Å². The molecule has 0 amide bonds. The summed E-state index contributed by atoms with van der Waals surface area (Å²) in [5.74, 6) is -2.91. The van der Waals surface area contributed by atoms with Crippen LogP contribution in [0.3, 0.4) is 0 Å². The smallest absolute Gasteiger partial charge is 0.194 e. The number of hydrogen-bond donors (Lipinski definition) is 0. The van der Waals surface area contributed by atoms with Gasteiger partial charge in [0.25, 0.3) is 0 Å². The van der Waals surface area contributed by atoms with Gasteiger partial charge in [0.15, 0.2) is 5.78 Å². The van der Waals surface area contributed by atoms with E-state index in [1.807, 2.05) is 6.07 Å². The first-order chi connectivity index (χ1) is 21.3. The van der Waals surface area contributed by atoms with Crippen LogP contribution in [0.2, 0.25) is 0 Å². The number of unbranched alkanes of at least 4 members (excludes halogenated alkanes) is 4. The Morgan fingerprint density at radius 2 is 1.09 bits per heavy atom. The number of ketones is 1. The van der Waals surface area contributed by atoms with E-state index in [4.69, 9.17) is 0 Å². The number of hydrogen-bond acceptors (Lipinski definition) is 7. The van der Waals surface area contributed by atoms with Crippen molar-refractivity contribution in [3.05, 3.63) is 57.6 Å². The standard InChI is InChI=1S/C37H54N2O5.2ClH.H2O/c1-5-9-19-38(20-10-6-2)23-13-15-27-25-31-29-18-17-28(36(41)42)26-32(29)35(40)34(31)30(33(27)37(43)44)16-14-24-39(21-11-7-3)22-12-8-4;;;/h17-18,25-26H,5-16,19-24H2,1-4H3,(H,41,42)(H,43,44);2*1H;1H2/p-2. The predicted octanol–water partition coefficient (Wildman–Crippen LogP) is 5.31. The van der Waals surface area contributed by atoms with Crippen LogP contribution in [0, 0.1) is 0 Å². The van der Waals surface area contributed by atoms with Crippen LogP contribution in [-0.2, 0) is 12.8 Å². The number of halogens is 2. The molecule has 0 fully saturated rings. The molecule has 0 aromatic heterocycles. The van der Waals surface area contributed by atoms with Gasteiger partial charge in [0.1, 0.15) is 0 Å². The van der Waals surface area contributed by atoms with Crippen LogP contribution in [0.1, 0.15) is 140 Å². The summed E-state index contributed by atoms with van der Waals surface area (Å²) in [7, 11) is 0. The maximum atomic E-state index is 13.8. The maximum Gasteiger partial charge on any atom is 0.194 e. The normalized spacial score (nSPS) is 11.5. The number of rotatable bonds is 22. The molecular formula is C37H56Cl2N2O6-2. The molecule has 8 nitrogen and oxygen atoms in total. The molecule has 1 aliphatic carbocycles.